The van der Waals surface area contributed by atoms with Gasteiger partial charge in [0.05, 0.1) is 0 Å². The number of carbonyl (C=O) groups is 6. The minimum Gasteiger partial charge on any atom is -0.363 e. The van der Waals surface area contributed by atoms with Crippen molar-refractivity contribution in [3.8, 4) is 0 Å². The molecule has 3 aromatic rings. The van der Waals surface area contributed by atoms with Crippen LogP contribution in [-0.2, 0) is 41.9 Å². The maximum Gasteiger partial charge on any atom is 0.247 e. The van der Waals surface area contributed by atoms with Gasteiger partial charge in [-0.05, 0) is 84.0 Å². The van der Waals surface area contributed by atoms with Crippen molar-refractivity contribution < 1.29 is 28.8 Å². The molecule has 316 valence electrons. The summed E-state index contributed by atoms with van der Waals surface area (Å²) in [6.07, 6.45) is 2.50. The Morgan fingerprint density at radius 1 is 0.593 bits per heavy atom. The summed E-state index contributed by atoms with van der Waals surface area (Å²) in [4.78, 5) is 83.4. The van der Waals surface area contributed by atoms with Crippen LogP contribution in [0.2, 0.25) is 0 Å². The number of rotatable bonds is 13. The summed E-state index contributed by atoms with van der Waals surface area (Å²) in [5.74, 6) is -1.59. The van der Waals surface area contributed by atoms with Gasteiger partial charge < -0.3 is 36.0 Å². The van der Waals surface area contributed by atoms with Crippen LogP contribution in [0.1, 0.15) is 92.2 Å². The van der Waals surface area contributed by atoms with Crippen LogP contribution in [0.25, 0.3) is 0 Å². The summed E-state index contributed by atoms with van der Waals surface area (Å²) in [5.41, 5.74) is 3.30. The van der Waals surface area contributed by atoms with Crippen molar-refractivity contribution >= 4 is 52.5 Å². The van der Waals surface area contributed by atoms with Gasteiger partial charge in [-0.15, -0.1) is 0 Å². The van der Waals surface area contributed by atoms with E-state index in [4.69, 9.17) is 0 Å². The molecular weight excluding hydrogens is 747 g/mol. The van der Waals surface area contributed by atoms with Gasteiger partial charge in [0.2, 0.25) is 35.4 Å². The first-order valence-corrected chi connectivity index (χ1v) is 20.6. The van der Waals surface area contributed by atoms with Crippen LogP contribution >= 0.6 is 0 Å². The first-order valence-electron chi connectivity index (χ1n) is 20.6. The Hall–Kier alpha value is -5.72. The molecule has 2 saturated heterocycles. The molecule has 2 aliphatic heterocycles. The first kappa shape index (κ1) is 44.4. The molecule has 13 heteroatoms. The fraction of sp³-hybridized carbons (Fsp3) is 0.478. The molecule has 0 aliphatic carbocycles. The Morgan fingerprint density at radius 2 is 0.966 bits per heavy atom. The summed E-state index contributed by atoms with van der Waals surface area (Å²) in [6.45, 7) is 16.2. The lowest BCUT2D eigenvalue weighted by atomic mass is 9.85. The average molecular weight is 808 g/mol. The van der Waals surface area contributed by atoms with Gasteiger partial charge in [0.25, 0.3) is 0 Å². The minimum atomic E-state index is -0.740. The van der Waals surface area contributed by atoms with Crippen LogP contribution in [0.5, 0.6) is 0 Å². The third kappa shape index (κ3) is 11.7. The highest BCUT2D eigenvalue weighted by atomic mass is 16.2. The molecule has 6 amide bonds. The van der Waals surface area contributed by atoms with Crippen molar-refractivity contribution in [2.45, 2.75) is 118 Å². The Bertz CT molecular complexity index is 1850. The number of para-hydroxylation sites is 1. The van der Waals surface area contributed by atoms with E-state index in [0.29, 0.717) is 63.2 Å². The van der Waals surface area contributed by atoms with E-state index in [0.717, 1.165) is 16.8 Å². The highest BCUT2D eigenvalue weighted by Crippen LogP contribution is 2.29. The molecule has 5 rings (SSSR count). The SMILES string of the molecule is CC(=O)N[C@H](C(=O)N1CCC[C@H]1C(=O)Nc1ccc(CN(Cc2ccc(NC(=O)[C@@H]3CCCN3C(=O)[C@@H](NC(C)=O)C(C)(C)C)cc2)c2ccccc2)cc1)C(C)(C)C. The van der Waals surface area contributed by atoms with Gasteiger partial charge in [-0.3, -0.25) is 28.8 Å². The first-order chi connectivity index (χ1) is 27.8. The average Bonchev–Trinajstić information content (AvgIpc) is 3.88. The number of hydrogen-bond acceptors (Lipinski definition) is 7. The number of amides is 6. The van der Waals surface area contributed by atoms with Crippen LogP contribution in [-0.4, -0.2) is 82.5 Å². The van der Waals surface area contributed by atoms with E-state index in [-0.39, 0.29) is 35.4 Å². The summed E-state index contributed by atoms with van der Waals surface area (Å²) >= 11 is 0. The van der Waals surface area contributed by atoms with E-state index >= 15 is 0 Å². The third-order valence-corrected chi connectivity index (χ3v) is 10.9. The normalized spacial score (nSPS) is 17.8. The van der Waals surface area contributed by atoms with Gasteiger partial charge in [-0.2, -0.15) is 0 Å². The van der Waals surface area contributed by atoms with Gasteiger partial charge in [0.1, 0.15) is 24.2 Å². The molecule has 0 unspecified atom stereocenters. The predicted molar refractivity (Wildman–Crippen MR) is 230 cm³/mol. The molecule has 0 aromatic heterocycles. The fourth-order valence-electron chi connectivity index (χ4n) is 7.80. The zero-order valence-corrected chi connectivity index (χ0v) is 35.8. The van der Waals surface area contributed by atoms with E-state index in [1.807, 2.05) is 108 Å². The Labute approximate surface area is 348 Å². The van der Waals surface area contributed by atoms with E-state index in [1.54, 1.807) is 9.80 Å². The molecule has 3 aromatic carbocycles. The van der Waals surface area contributed by atoms with Crippen molar-refractivity contribution in [2.75, 3.05) is 28.6 Å². The highest BCUT2D eigenvalue weighted by Gasteiger charge is 2.43. The topological polar surface area (TPSA) is 160 Å². The molecule has 4 N–H and O–H groups in total. The van der Waals surface area contributed by atoms with Crippen molar-refractivity contribution in [1.82, 2.24) is 20.4 Å². The smallest absolute Gasteiger partial charge is 0.247 e. The van der Waals surface area contributed by atoms with Crippen LogP contribution in [0, 0.1) is 10.8 Å². The van der Waals surface area contributed by atoms with Crippen molar-refractivity contribution in [3.63, 3.8) is 0 Å². The predicted octanol–water partition coefficient (Wildman–Crippen LogP) is 5.85. The number of carbonyl (C=O) groups excluding carboxylic acids is 6. The number of benzene rings is 3. The summed E-state index contributed by atoms with van der Waals surface area (Å²) in [7, 11) is 0. The Balaban J connectivity index is 1.22. The molecule has 2 fully saturated rings. The molecule has 0 radical (unpaired) electrons. The second kappa shape index (κ2) is 18.9. The second-order valence-corrected chi connectivity index (χ2v) is 17.9. The molecule has 0 bridgehead atoms. The molecular formula is C46H61N7O6. The van der Waals surface area contributed by atoms with E-state index < -0.39 is 35.0 Å². The number of anilines is 3. The summed E-state index contributed by atoms with van der Waals surface area (Å²) in [5, 5.41) is 11.6. The van der Waals surface area contributed by atoms with Crippen molar-refractivity contribution in [1.29, 1.82) is 0 Å². The van der Waals surface area contributed by atoms with Crippen LogP contribution < -0.4 is 26.2 Å². The van der Waals surface area contributed by atoms with E-state index in [1.165, 1.54) is 13.8 Å². The fourth-order valence-corrected chi connectivity index (χ4v) is 7.80. The molecule has 4 atom stereocenters. The number of hydrogen-bond donors (Lipinski definition) is 4. The van der Waals surface area contributed by atoms with Crippen LogP contribution in [0.15, 0.2) is 78.9 Å². The van der Waals surface area contributed by atoms with Crippen molar-refractivity contribution in [3.05, 3.63) is 90.0 Å². The minimum absolute atomic E-state index is 0.250. The van der Waals surface area contributed by atoms with Crippen molar-refractivity contribution in [2.24, 2.45) is 10.8 Å². The monoisotopic (exact) mass is 807 g/mol. The molecule has 2 heterocycles. The second-order valence-electron chi connectivity index (χ2n) is 17.9. The Morgan fingerprint density at radius 3 is 1.31 bits per heavy atom. The zero-order chi connectivity index (χ0) is 43.1. The van der Waals surface area contributed by atoms with Crippen LogP contribution in [0.3, 0.4) is 0 Å². The maximum atomic E-state index is 13.6. The molecule has 59 heavy (non-hydrogen) atoms. The van der Waals surface area contributed by atoms with Gasteiger partial charge in [-0.25, -0.2) is 0 Å². The highest BCUT2D eigenvalue weighted by molar-refractivity contribution is 6.00. The third-order valence-electron chi connectivity index (χ3n) is 10.9. The van der Waals surface area contributed by atoms with Gasteiger partial charge in [0, 0.05) is 57.1 Å². The van der Waals surface area contributed by atoms with Gasteiger partial charge >= 0.3 is 0 Å². The van der Waals surface area contributed by atoms with E-state index in [9.17, 15) is 28.8 Å². The quantitative estimate of drug-likeness (QED) is 0.169. The number of nitrogens with zero attached hydrogens (tertiary/aromatic N) is 3. The lowest BCUT2D eigenvalue weighted by molar-refractivity contribution is -0.142. The number of nitrogens with one attached hydrogen (secondary N) is 4. The molecule has 13 nitrogen and oxygen atoms in total. The van der Waals surface area contributed by atoms with Gasteiger partial charge in [-0.1, -0.05) is 84.0 Å². The Kier molecular flexibility index (Phi) is 14.2. The lowest BCUT2D eigenvalue weighted by Crippen LogP contribution is -2.56. The summed E-state index contributed by atoms with van der Waals surface area (Å²) < 4.78 is 0. The zero-order valence-electron chi connectivity index (χ0n) is 35.8. The standard InChI is InChI=1S/C46H61N7O6/c1-30(54)47-39(45(3,4)5)43(58)52-26-12-16-37(52)41(56)49-34-22-18-32(19-23-34)28-51(36-14-10-9-11-15-36)29-33-20-24-35(25-21-33)50-42(57)38-17-13-27-53(38)44(59)40(46(6,7)8)48-31(2)55/h9-11,14-15,18-25,37-40H,12-13,16-17,26-29H2,1-8H3,(H,47,54)(H,48,55)(H,49,56)(H,50,57)/t37-,38-,39+,40+/m0/s1. The van der Waals surface area contributed by atoms with Gasteiger partial charge in [0.15, 0.2) is 0 Å². The largest absolute Gasteiger partial charge is 0.363 e. The number of likely N-dealkylation sites (tertiary alicyclic amines) is 2. The summed E-state index contributed by atoms with van der Waals surface area (Å²) in [6, 6.07) is 22.7. The maximum absolute atomic E-state index is 13.6. The van der Waals surface area contributed by atoms with Crippen LogP contribution in [0.4, 0.5) is 17.1 Å². The lowest BCUT2D eigenvalue weighted by Gasteiger charge is -2.35. The molecule has 0 spiro atoms. The molecule has 2 aliphatic rings. The van der Waals surface area contributed by atoms with E-state index in [2.05, 4.69) is 38.3 Å². The molecule has 0 saturated carbocycles.